The molecular weight excluding hydrogens is 396 g/mol. The second kappa shape index (κ2) is 21.3. The minimum Gasteiger partial charge on any atom is -0.462 e. The lowest BCUT2D eigenvalue weighted by Gasteiger charge is -2.14. The second-order valence-corrected chi connectivity index (χ2v) is 7.63. The molecule has 31 heavy (non-hydrogen) atoms. The third-order valence-electron chi connectivity index (χ3n) is 4.59. The van der Waals surface area contributed by atoms with E-state index >= 15 is 0 Å². The fourth-order valence-electron chi connectivity index (χ4n) is 2.85. The van der Waals surface area contributed by atoms with Crippen LogP contribution in [0.2, 0.25) is 0 Å². The van der Waals surface area contributed by atoms with E-state index in [1.54, 1.807) is 6.08 Å². The van der Waals surface area contributed by atoms with Crippen molar-refractivity contribution < 1.29 is 29.3 Å². The zero-order valence-electron chi connectivity index (χ0n) is 19.3. The number of rotatable bonds is 19. The van der Waals surface area contributed by atoms with Crippen LogP contribution in [0.3, 0.4) is 0 Å². The van der Waals surface area contributed by atoms with Crippen molar-refractivity contribution in [1.29, 1.82) is 0 Å². The number of carbonyl (C=O) groups is 2. The van der Waals surface area contributed by atoms with Gasteiger partial charge in [-0.2, -0.15) is 0 Å². The number of allylic oxidation sites excluding steroid dienone is 5. The molecule has 0 aromatic rings. The third-order valence-corrected chi connectivity index (χ3v) is 4.59. The zero-order valence-corrected chi connectivity index (χ0v) is 19.3. The van der Waals surface area contributed by atoms with Crippen molar-refractivity contribution in [2.75, 3.05) is 13.2 Å². The quantitative estimate of drug-likeness (QED) is 0.130. The van der Waals surface area contributed by atoms with E-state index in [-0.39, 0.29) is 13.0 Å². The average Bonchev–Trinajstić information content (AvgIpc) is 2.74. The SMILES string of the molecule is CCCCCCCC/C=C/C/C=C/C=C/C(O)CCCC(=O)OC[C@H](CO)OC(C)=O. The molecule has 2 N–H and O–H groups in total. The molecule has 0 bridgehead atoms. The monoisotopic (exact) mass is 438 g/mol. The average molecular weight is 439 g/mol. The van der Waals surface area contributed by atoms with Crippen LogP contribution in [0.15, 0.2) is 36.5 Å². The van der Waals surface area contributed by atoms with Crippen LogP contribution in [0.4, 0.5) is 0 Å². The molecule has 0 amide bonds. The van der Waals surface area contributed by atoms with Gasteiger partial charge in [0, 0.05) is 13.3 Å². The van der Waals surface area contributed by atoms with Crippen LogP contribution in [0.1, 0.15) is 84.5 Å². The van der Waals surface area contributed by atoms with Gasteiger partial charge in [-0.15, -0.1) is 0 Å². The summed E-state index contributed by atoms with van der Waals surface area (Å²) in [6, 6.07) is 0. The zero-order chi connectivity index (χ0) is 23.2. The first kappa shape index (κ1) is 29.1. The fourth-order valence-corrected chi connectivity index (χ4v) is 2.85. The maximum absolute atomic E-state index is 11.7. The van der Waals surface area contributed by atoms with Gasteiger partial charge in [0.1, 0.15) is 6.61 Å². The predicted molar refractivity (Wildman–Crippen MR) is 123 cm³/mol. The summed E-state index contributed by atoms with van der Waals surface area (Å²) in [7, 11) is 0. The Kier molecular flexibility index (Phi) is 20.0. The molecule has 0 saturated heterocycles. The van der Waals surface area contributed by atoms with Crippen LogP contribution in [0.5, 0.6) is 0 Å². The second-order valence-electron chi connectivity index (χ2n) is 7.63. The number of hydrogen-bond donors (Lipinski definition) is 2. The summed E-state index contributed by atoms with van der Waals surface area (Å²) in [5, 5.41) is 19.0. The van der Waals surface area contributed by atoms with Gasteiger partial charge in [0.15, 0.2) is 6.10 Å². The molecule has 6 nitrogen and oxygen atoms in total. The molecule has 6 heteroatoms. The van der Waals surface area contributed by atoms with Crippen molar-refractivity contribution in [2.24, 2.45) is 0 Å². The lowest BCUT2D eigenvalue weighted by molar-refractivity contribution is -0.159. The Balaban J connectivity index is 3.74. The Morgan fingerprint density at radius 1 is 0.968 bits per heavy atom. The summed E-state index contributed by atoms with van der Waals surface area (Å²) in [6.07, 6.45) is 21.4. The molecular formula is C25H42O6. The van der Waals surface area contributed by atoms with Gasteiger partial charge >= 0.3 is 11.9 Å². The molecule has 178 valence electrons. The topological polar surface area (TPSA) is 93.1 Å². The molecule has 0 radical (unpaired) electrons. The molecule has 0 saturated carbocycles. The number of aliphatic hydroxyl groups excluding tert-OH is 2. The fraction of sp³-hybridized carbons (Fsp3) is 0.680. The molecule has 0 aliphatic heterocycles. The number of ether oxygens (including phenoxy) is 2. The van der Waals surface area contributed by atoms with Crippen LogP contribution in [0, 0.1) is 0 Å². The van der Waals surface area contributed by atoms with Crippen molar-refractivity contribution >= 4 is 11.9 Å². The predicted octanol–water partition coefficient (Wildman–Crippen LogP) is 4.79. The summed E-state index contributed by atoms with van der Waals surface area (Å²) in [5.41, 5.74) is 0. The lowest BCUT2D eigenvalue weighted by atomic mass is 10.1. The highest BCUT2D eigenvalue weighted by atomic mass is 16.6. The molecule has 2 atom stereocenters. The van der Waals surface area contributed by atoms with E-state index in [2.05, 4.69) is 19.1 Å². The van der Waals surface area contributed by atoms with E-state index in [9.17, 15) is 14.7 Å². The number of unbranched alkanes of at least 4 members (excludes halogenated alkanes) is 6. The highest BCUT2D eigenvalue weighted by Gasteiger charge is 2.14. The molecule has 0 fully saturated rings. The van der Waals surface area contributed by atoms with Crippen molar-refractivity contribution in [3.05, 3.63) is 36.5 Å². The third kappa shape index (κ3) is 21.1. The normalized spacial score (nSPS) is 13.8. The van der Waals surface area contributed by atoms with Crippen molar-refractivity contribution in [3.8, 4) is 0 Å². The Morgan fingerprint density at radius 3 is 2.42 bits per heavy atom. The van der Waals surface area contributed by atoms with E-state index in [0.29, 0.717) is 12.8 Å². The van der Waals surface area contributed by atoms with Gasteiger partial charge in [0.05, 0.1) is 12.7 Å². The Morgan fingerprint density at radius 2 is 1.71 bits per heavy atom. The molecule has 1 unspecified atom stereocenters. The Hall–Kier alpha value is -1.92. The van der Waals surface area contributed by atoms with E-state index in [0.717, 1.165) is 12.8 Å². The summed E-state index contributed by atoms with van der Waals surface area (Å²) in [6.45, 7) is 2.88. The van der Waals surface area contributed by atoms with Crippen LogP contribution in [-0.4, -0.2) is 47.6 Å². The van der Waals surface area contributed by atoms with Crippen molar-refractivity contribution in [3.63, 3.8) is 0 Å². The van der Waals surface area contributed by atoms with Gasteiger partial charge in [-0.25, -0.2) is 0 Å². The van der Waals surface area contributed by atoms with E-state index in [1.807, 2.05) is 18.2 Å². The van der Waals surface area contributed by atoms with Crippen LogP contribution >= 0.6 is 0 Å². The van der Waals surface area contributed by atoms with Gasteiger partial charge < -0.3 is 19.7 Å². The summed E-state index contributed by atoms with van der Waals surface area (Å²) in [4.78, 5) is 22.5. The maximum Gasteiger partial charge on any atom is 0.305 e. The number of esters is 2. The summed E-state index contributed by atoms with van der Waals surface area (Å²) in [5.74, 6) is -0.988. The number of aliphatic hydroxyl groups is 2. The highest BCUT2D eigenvalue weighted by molar-refractivity contribution is 5.69. The standard InChI is InChI=1S/C25H42O6/c1-3-4-5-6-7-8-9-10-11-12-13-14-15-17-23(28)18-16-19-25(29)30-21-24(20-26)31-22(2)27/h10-11,13-15,17,23-24,26,28H,3-9,12,16,18-21H2,1-2H3/b11-10+,14-13+,17-15+/t23?,24-/m0/s1. The molecule has 0 aliphatic carbocycles. The van der Waals surface area contributed by atoms with Gasteiger partial charge in [-0.1, -0.05) is 75.5 Å². The van der Waals surface area contributed by atoms with E-state index in [4.69, 9.17) is 14.6 Å². The van der Waals surface area contributed by atoms with Gasteiger partial charge in [0.2, 0.25) is 0 Å². The van der Waals surface area contributed by atoms with Crippen LogP contribution in [-0.2, 0) is 19.1 Å². The largest absolute Gasteiger partial charge is 0.462 e. The lowest BCUT2D eigenvalue weighted by Crippen LogP contribution is -2.27. The number of carbonyl (C=O) groups excluding carboxylic acids is 2. The summed E-state index contributed by atoms with van der Waals surface area (Å²) >= 11 is 0. The van der Waals surface area contributed by atoms with Gasteiger partial charge in [-0.3, -0.25) is 9.59 Å². The van der Waals surface area contributed by atoms with E-state index in [1.165, 1.54) is 45.4 Å². The highest BCUT2D eigenvalue weighted by Crippen LogP contribution is 2.08. The van der Waals surface area contributed by atoms with Crippen LogP contribution < -0.4 is 0 Å². The smallest absolute Gasteiger partial charge is 0.305 e. The first-order valence-electron chi connectivity index (χ1n) is 11.6. The van der Waals surface area contributed by atoms with E-state index < -0.39 is 30.8 Å². The molecule has 0 aromatic carbocycles. The molecule has 0 aromatic heterocycles. The molecule has 0 aliphatic rings. The Labute approximate surface area is 188 Å². The molecule has 0 rings (SSSR count). The molecule has 0 spiro atoms. The molecule has 0 heterocycles. The number of hydrogen-bond acceptors (Lipinski definition) is 6. The van der Waals surface area contributed by atoms with Gasteiger partial charge in [0.25, 0.3) is 0 Å². The van der Waals surface area contributed by atoms with Crippen LogP contribution in [0.25, 0.3) is 0 Å². The summed E-state index contributed by atoms with van der Waals surface area (Å²) < 4.78 is 9.75. The minimum absolute atomic E-state index is 0.155. The van der Waals surface area contributed by atoms with Crippen molar-refractivity contribution in [1.82, 2.24) is 0 Å². The Bertz CT molecular complexity index is 538. The first-order valence-corrected chi connectivity index (χ1v) is 11.6. The van der Waals surface area contributed by atoms with Crippen molar-refractivity contribution in [2.45, 2.75) is 96.7 Å². The maximum atomic E-state index is 11.7. The first-order chi connectivity index (χ1) is 15.0. The van der Waals surface area contributed by atoms with Gasteiger partial charge in [-0.05, 0) is 32.1 Å². The minimum atomic E-state index is -0.841.